The molecule has 1 aromatic heterocycles. The zero-order valence-electron chi connectivity index (χ0n) is 17.7. The molecule has 1 aromatic carbocycles. The van der Waals surface area contributed by atoms with Gasteiger partial charge in [0.25, 0.3) is 11.5 Å². The van der Waals surface area contributed by atoms with E-state index < -0.39 is 17.2 Å². The number of amides is 1. The zero-order chi connectivity index (χ0) is 22.3. The average molecular weight is 420 g/mol. The molecule has 0 radical (unpaired) electrons. The highest BCUT2D eigenvalue weighted by molar-refractivity contribution is 6.07. The Balaban J connectivity index is 2.62. The van der Waals surface area contributed by atoms with Gasteiger partial charge in [-0.2, -0.15) is 0 Å². The highest BCUT2D eigenvalue weighted by Gasteiger charge is 2.26. The van der Waals surface area contributed by atoms with Crippen molar-refractivity contribution in [3.8, 4) is 11.5 Å². The van der Waals surface area contributed by atoms with Crippen molar-refractivity contribution in [3.63, 3.8) is 0 Å². The molecule has 0 saturated heterocycles. The minimum absolute atomic E-state index is 0.0497. The van der Waals surface area contributed by atoms with Crippen molar-refractivity contribution in [2.75, 3.05) is 45.1 Å². The maximum Gasteiger partial charge on any atom is 0.330 e. The number of aromatic nitrogens is 2. The van der Waals surface area contributed by atoms with Gasteiger partial charge in [0.2, 0.25) is 0 Å². The first-order chi connectivity index (χ1) is 14.4. The molecular weight excluding hydrogens is 392 g/mol. The molecule has 10 heteroatoms. The molecule has 0 aliphatic heterocycles. The van der Waals surface area contributed by atoms with Crippen molar-refractivity contribution in [3.05, 3.63) is 44.6 Å². The first-order valence-corrected chi connectivity index (χ1v) is 9.54. The van der Waals surface area contributed by atoms with Crippen molar-refractivity contribution < 1.29 is 19.0 Å². The van der Waals surface area contributed by atoms with Crippen molar-refractivity contribution in [2.45, 2.75) is 26.3 Å². The number of benzene rings is 1. The minimum atomic E-state index is -0.746. The Bertz CT molecular complexity index is 976. The summed E-state index contributed by atoms with van der Waals surface area (Å²) in [5, 5.41) is 0. The molecule has 0 spiro atoms. The van der Waals surface area contributed by atoms with Crippen LogP contribution in [0.25, 0.3) is 0 Å². The van der Waals surface area contributed by atoms with Crippen LogP contribution >= 0.6 is 0 Å². The summed E-state index contributed by atoms with van der Waals surface area (Å²) in [6.07, 6.45) is 1.52. The predicted octanol–water partition coefficient (Wildman–Crippen LogP) is 1.23. The monoisotopic (exact) mass is 420 g/mol. The molecule has 164 valence electrons. The molecule has 0 fully saturated rings. The number of H-pyrrole nitrogens is 1. The van der Waals surface area contributed by atoms with Crippen LogP contribution in [0.2, 0.25) is 0 Å². The number of nitrogens with zero attached hydrogens (tertiary/aromatic N) is 2. The third-order valence-electron chi connectivity index (χ3n) is 4.58. The number of hydrogen-bond donors (Lipinski definition) is 2. The molecule has 0 saturated carbocycles. The summed E-state index contributed by atoms with van der Waals surface area (Å²) in [7, 11) is 4.42. The summed E-state index contributed by atoms with van der Waals surface area (Å²) in [5.41, 5.74) is 4.95. The lowest BCUT2D eigenvalue weighted by molar-refractivity contribution is 0.0975. The second-order valence-electron chi connectivity index (χ2n) is 6.55. The lowest BCUT2D eigenvalue weighted by Crippen LogP contribution is -2.42. The predicted molar refractivity (Wildman–Crippen MR) is 114 cm³/mol. The number of unbranched alkanes of at least 4 members (excludes halogenated alkanes) is 1. The van der Waals surface area contributed by atoms with Crippen molar-refractivity contribution in [2.24, 2.45) is 0 Å². The van der Waals surface area contributed by atoms with Crippen molar-refractivity contribution >= 4 is 17.4 Å². The van der Waals surface area contributed by atoms with Gasteiger partial charge in [0.1, 0.15) is 17.3 Å². The van der Waals surface area contributed by atoms with Crippen molar-refractivity contribution in [1.82, 2.24) is 9.55 Å². The second kappa shape index (κ2) is 10.5. The number of carbonyl (C=O) groups excluding carboxylic acids is 1. The topological polar surface area (TPSA) is 129 Å². The van der Waals surface area contributed by atoms with Gasteiger partial charge >= 0.3 is 5.69 Å². The van der Waals surface area contributed by atoms with E-state index in [0.717, 1.165) is 6.42 Å². The quantitative estimate of drug-likeness (QED) is 0.591. The van der Waals surface area contributed by atoms with Gasteiger partial charge in [0, 0.05) is 31.8 Å². The molecular formula is C20H28N4O6. The summed E-state index contributed by atoms with van der Waals surface area (Å²) in [4.78, 5) is 41.7. The van der Waals surface area contributed by atoms with E-state index in [2.05, 4.69) is 4.98 Å². The number of hydrogen-bond acceptors (Lipinski definition) is 7. The number of rotatable bonds is 10. The molecule has 0 atom stereocenters. The van der Waals surface area contributed by atoms with Gasteiger partial charge in [0.15, 0.2) is 5.69 Å². The first-order valence-electron chi connectivity index (χ1n) is 9.54. The highest BCUT2D eigenvalue weighted by atomic mass is 16.5. The molecule has 2 rings (SSSR count). The van der Waals surface area contributed by atoms with Crippen LogP contribution in [0.4, 0.5) is 11.5 Å². The Morgan fingerprint density at radius 1 is 1.13 bits per heavy atom. The number of anilines is 2. The van der Waals surface area contributed by atoms with E-state index in [1.54, 1.807) is 6.07 Å². The second-order valence-corrected chi connectivity index (χ2v) is 6.55. The van der Waals surface area contributed by atoms with Gasteiger partial charge in [-0.25, -0.2) is 4.79 Å². The largest absolute Gasteiger partial charge is 0.497 e. The summed E-state index contributed by atoms with van der Waals surface area (Å²) in [6, 6.07) is 4.69. The Morgan fingerprint density at radius 3 is 2.30 bits per heavy atom. The molecule has 10 nitrogen and oxygen atoms in total. The van der Waals surface area contributed by atoms with Gasteiger partial charge in [-0.05, 0) is 18.6 Å². The number of nitrogen functional groups attached to an aromatic ring is 1. The molecule has 3 N–H and O–H groups in total. The van der Waals surface area contributed by atoms with Crippen LogP contribution < -0.4 is 31.4 Å². The summed E-state index contributed by atoms with van der Waals surface area (Å²) < 4.78 is 16.8. The fraction of sp³-hybridized carbons (Fsp3) is 0.450. The van der Waals surface area contributed by atoms with E-state index >= 15 is 0 Å². The number of nitrogens with one attached hydrogen (secondary N) is 1. The summed E-state index contributed by atoms with van der Waals surface area (Å²) in [6.45, 7) is 2.50. The third-order valence-corrected chi connectivity index (χ3v) is 4.58. The molecule has 2 aromatic rings. The number of aromatic amines is 1. The Hall–Kier alpha value is -3.27. The molecule has 0 aliphatic rings. The number of nitrogens with two attached hydrogens (primary N) is 1. The van der Waals surface area contributed by atoms with Crippen LogP contribution in [0.3, 0.4) is 0 Å². The molecule has 1 heterocycles. The third kappa shape index (κ3) is 5.01. The lowest BCUT2D eigenvalue weighted by atomic mass is 10.1. The van der Waals surface area contributed by atoms with E-state index in [4.69, 9.17) is 19.9 Å². The van der Waals surface area contributed by atoms with Crippen LogP contribution in [0, 0.1) is 0 Å². The SMILES string of the molecule is CCCCn1c(N)c(N(CCOC)C(=O)c2cc(OC)cc(OC)c2)c(=O)[nH]c1=O. The fourth-order valence-corrected chi connectivity index (χ4v) is 2.96. The van der Waals surface area contributed by atoms with E-state index in [1.807, 2.05) is 6.92 Å². The maximum absolute atomic E-state index is 13.4. The lowest BCUT2D eigenvalue weighted by Gasteiger charge is -2.24. The Morgan fingerprint density at radius 2 is 1.77 bits per heavy atom. The molecule has 1 amide bonds. The Kier molecular flexibility index (Phi) is 8.05. The fourth-order valence-electron chi connectivity index (χ4n) is 2.96. The van der Waals surface area contributed by atoms with Crippen LogP contribution in [0.5, 0.6) is 11.5 Å². The van der Waals surface area contributed by atoms with Crippen LogP contribution in [-0.4, -0.2) is 49.9 Å². The van der Waals surface area contributed by atoms with E-state index in [1.165, 1.54) is 42.9 Å². The Labute approximate surface area is 174 Å². The smallest absolute Gasteiger partial charge is 0.330 e. The van der Waals surface area contributed by atoms with Gasteiger partial charge in [-0.15, -0.1) is 0 Å². The van der Waals surface area contributed by atoms with Crippen molar-refractivity contribution in [1.29, 1.82) is 0 Å². The summed E-state index contributed by atoms with van der Waals surface area (Å²) >= 11 is 0. The van der Waals surface area contributed by atoms with Crippen LogP contribution in [0.1, 0.15) is 30.1 Å². The first kappa shape index (κ1) is 23.0. The van der Waals surface area contributed by atoms with Crippen LogP contribution in [0.15, 0.2) is 27.8 Å². The molecule has 0 bridgehead atoms. The average Bonchev–Trinajstić information content (AvgIpc) is 2.74. The number of carbonyl (C=O) groups is 1. The van der Waals surface area contributed by atoms with Gasteiger partial charge in [0.05, 0.1) is 20.8 Å². The normalized spacial score (nSPS) is 10.7. The van der Waals surface area contributed by atoms with E-state index in [-0.39, 0.29) is 30.2 Å². The highest BCUT2D eigenvalue weighted by Crippen LogP contribution is 2.26. The zero-order valence-corrected chi connectivity index (χ0v) is 17.7. The minimum Gasteiger partial charge on any atom is -0.497 e. The van der Waals surface area contributed by atoms with E-state index in [9.17, 15) is 14.4 Å². The van der Waals surface area contributed by atoms with Gasteiger partial charge in [-0.1, -0.05) is 13.3 Å². The van der Waals surface area contributed by atoms with Crippen LogP contribution in [-0.2, 0) is 11.3 Å². The number of ether oxygens (including phenoxy) is 3. The van der Waals surface area contributed by atoms with Gasteiger partial charge in [-0.3, -0.25) is 24.0 Å². The molecule has 0 unspecified atom stereocenters. The molecule has 30 heavy (non-hydrogen) atoms. The standard InChI is InChI=1S/C20H28N4O6/c1-5-6-7-24-17(21)16(18(25)22-20(24)27)23(8-9-28-2)19(26)13-10-14(29-3)12-15(11-13)30-4/h10-12H,5-9,21H2,1-4H3,(H,22,25,27). The van der Waals surface area contributed by atoms with Gasteiger partial charge < -0.3 is 19.9 Å². The molecule has 0 aliphatic carbocycles. The van der Waals surface area contributed by atoms with E-state index in [0.29, 0.717) is 24.5 Å². The summed E-state index contributed by atoms with van der Waals surface area (Å²) in [5.74, 6) is 0.247. The number of methoxy groups -OCH3 is 3. The maximum atomic E-state index is 13.4.